The van der Waals surface area contributed by atoms with Crippen LogP contribution in [0.5, 0.6) is 0 Å². The van der Waals surface area contributed by atoms with Crippen molar-refractivity contribution in [1.82, 2.24) is 4.72 Å². The van der Waals surface area contributed by atoms with Crippen molar-refractivity contribution in [3.8, 4) is 0 Å². The van der Waals surface area contributed by atoms with Gasteiger partial charge in [0.2, 0.25) is 0 Å². The van der Waals surface area contributed by atoms with Crippen LogP contribution in [0.15, 0.2) is 0 Å². The van der Waals surface area contributed by atoms with Crippen molar-refractivity contribution < 1.29 is 44.0 Å². The number of amides is 1. The van der Waals surface area contributed by atoms with Gasteiger partial charge in [-0.05, 0) is 12.8 Å². The van der Waals surface area contributed by atoms with Crippen LogP contribution in [-0.2, 0) is 14.8 Å². The van der Waals surface area contributed by atoms with Crippen LogP contribution in [-0.4, -0.2) is 58.2 Å². The Hall–Kier alpha value is -1.04. The summed E-state index contributed by atoms with van der Waals surface area (Å²) < 4.78 is 89.0. The second kappa shape index (κ2) is 9.44. The highest BCUT2D eigenvalue weighted by molar-refractivity contribution is 7.90. The Morgan fingerprint density at radius 2 is 1.42 bits per heavy atom. The van der Waals surface area contributed by atoms with Crippen molar-refractivity contribution in [3.05, 3.63) is 0 Å². The fraction of sp³-hybridized carbons (Fsp3) is 0.917. The zero-order chi connectivity index (χ0) is 19.8. The molecule has 0 saturated carbocycles. The van der Waals surface area contributed by atoms with Gasteiger partial charge in [0.05, 0.1) is 27.7 Å². The molecule has 24 heavy (non-hydrogen) atoms. The number of carbonyl (C=O) groups excluding carboxylic acids is 1. The van der Waals surface area contributed by atoms with E-state index in [1.165, 1.54) is 32.2 Å². The average Bonchev–Trinajstić information content (AvgIpc) is 2.31. The molecule has 12 heteroatoms. The minimum atomic E-state index is -6.30. The SMILES string of the molecule is CCCCCC[N+](C)(C)C.O=C(NS(=O)(=O)C(F)(F)F)C(F)(F)F. The summed E-state index contributed by atoms with van der Waals surface area (Å²) in [5, 5.41) is 0. The van der Waals surface area contributed by atoms with E-state index < -0.39 is 27.6 Å². The maximum absolute atomic E-state index is 11.4. The number of quaternary nitrogens is 1. The monoisotopic (exact) mass is 389 g/mol. The van der Waals surface area contributed by atoms with Crippen LogP contribution in [0, 0.1) is 0 Å². The molecular weight excluding hydrogens is 366 g/mol. The molecule has 0 aromatic rings. The van der Waals surface area contributed by atoms with E-state index in [9.17, 15) is 39.6 Å². The quantitative estimate of drug-likeness (QED) is 0.432. The number of halogens is 6. The summed E-state index contributed by atoms with van der Waals surface area (Å²) in [6, 6.07) is 0. The third-order valence-corrected chi connectivity index (χ3v) is 3.54. The van der Waals surface area contributed by atoms with Crippen LogP contribution in [0.25, 0.3) is 0 Å². The first-order chi connectivity index (χ1) is 10.4. The van der Waals surface area contributed by atoms with Gasteiger partial charge in [-0.25, -0.2) is 4.72 Å². The van der Waals surface area contributed by atoms with Crippen LogP contribution < -0.4 is 4.72 Å². The van der Waals surface area contributed by atoms with Crippen LogP contribution in [0.3, 0.4) is 0 Å². The number of nitrogens with zero attached hydrogens (tertiary/aromatic N) is 1. The second-order valence-corrected chi connectivity index (χ2v) is 7.63. The Labute approximate surface area is 137 Å². The molecule has 0 bridgehead atoms. The summed E-state index contributed by atoms with van der Waals surface area (Å²) >= 11 is 0. The maximum Gasteiger partial charge on any atom is 0.516 e. The molecule has 0 aromatic heterocycles. The molecule has 5 nitrogen and oxygen atoms in total. The third kappa shape index (κ3) is 12.4. The number of nitrogens with one attached hydrogen (secondary N) is 1. The number of unbranched alkanes of at least 4 members (excludes halogenated alkanes) is 3. The van der Waals surface area contributed by atoms with Crippen LogP contribution in [0.4, 0.5) is 26.3 Å². The van der Waals surface area contributed by atoms with E-state index in [0.29, 0.717) is 0 Å². The number of hydrogen-bond acceptors (Lipinski definition) is 3. The van der Waals surface area contributed by atoms with Crippen LogP contribution in [0.1, 0.15) is 32.6 Å². The van der Waals surface area contributed by atoms with Crippen molar-refractivity contribution in [3.63, 3.8) is 0 Å². The minimum absolute atomic E-state index is 0.181. The van der Waals surface area contributed by atoms with Gasteiger partial charge in [-0.3, -0.25) is 4.79 Å². The molecule has 0 aromatic carbocycles. The lowest BCUT2D eigenvalue weighted by molar-refractivity contribution is -0.870. The van der Waals surface area contributed by atoms with Crippen molar-refractivity contribution in [2.45, 2.75) is 44.3 Å². The molecule has 0 saturated heterocycles. The summed E-state index contributed by atoms with van der Waals surface area (Å²) in [5.41, 5.74) is -5.96. The van der Waals surface area contributed by atoms with E-state index in [2.05, 4.69) is 28.1 Å². The molecule has 0 aliphatic rings. The first-order valence-electron chi connectivity index (χ1n) is 6.94. The summed E-state index contributed by atoms with van der Waals surface area (Å²) in [5.74, 6) is -3.20. The topological polar surface area (TPSA) is 63.2 Å². The fourth-order valence-corrected chi connectivity index (χ4v) is 1.73. The molecule has 0 atom stereocenters. The molecule has 0 unspecified atom stereocenters. The predicted molar refractivity (Wildman–Crippen MR) is 76.2 cm³/mol. The first kappa shape index (κ1) is 25.2. The molecule has 0 spiro atoms. The highest BCUT2D eigenvalue weighted by atomic mass is 32.2. The summed E-state index contributed by atoms with van der Waals surface area (Å²) in [4.78, 5) is 9.81. The smallest absolute Gasteiger partial charge is 0.331 e. The largest absolute Gasteiger partial charge is 0.516 e. The molecule has 0 fully saturated rings. The molecule has 0 rings (SSSR count). The Bertz CT molecular complexity index is 480. The lowest BCUT2D eigenvalue weighted by Gasteiger charge is -2.23. The lowest BCUT2D eigenvalue weighted by atomic mass is 10.2. The number of carbonyl (C=O) groups is 1. The van der Waals surface area contributed by atoms with Gasteiger partial charge >= 0.3 is 27.6 Å². The van der Waals surface area contributed by atoms with E-state index in [4.69, 9.17) is 0 Å². The second-order valence-electron chi connectivity index (χ2n) is 5.95. The van der Waals surface area contributed by atoms with Crippen molar-refractivity contribution in [2.75, 3.05) is 27.7 Å². The van der Waals surface area contributed by atoms with E-state index in [-0.39, 0.29) is 4.72 Å². The van der Waals surface area contributed by atoms with Crippen LogP contribution >= 0.6 is 0 Å². The van der Waals surface area contributed by atoms with Gasteiger partial charge in [-0.2, -0.15) is 34.8 Å². The zero-order valence-corrected chi connectivity index (χ0v) is 14.7. The highest BCUT2D eigenvalue weighted by Gasteiger charge is 2.51. The molecule has 0 radical (unpaired) electrons. The molecule has 0 aliphatic carbocycles. The van der Waals surface area contributed by atoms with E-state index in [0.717, 1.165) is 4.48 Å². The lowest BCUT2D eigenvalue weighted by Crippen LogP contribution is -2.46. The minimum Gasteiger partial charge on any atom is -0.331 e. The number of sulfonamides is 1. The molecule has 146 valence electrons. The van der Waals surface area contributed by atoms with E-state index >= 15 is 0 Å². The Balaban J connectivity index is 0. The highest BCUT2D eigenvalue weighted by Crippen LogP contribution is 2.23. The number of alkyl halides is 6. The van der Waals surface area contributed by atoms with Gasteiger partial charge in [0, 0.05) is 0 Å². The number of hydrogen-bond donors (Lipinski definition) is 1. The Kier molecular flexibility index (Phi) is 9.92. The average molecular weight is 389 g/mol. The summed E-state index contributed by atoms with van der Waals surface area (Å²) in [7, 11) is 0.468. The van der Waals surface area contributed by atoms with Crippen molar-refractivity contribution in [1.29, 1.82) is 0 Å². The van der Waals surface area contributed by atoms with Gasteiger partial charge in [0.1, 0.15) is 0 Å². The third-order valence-electron chi connectivity index (χ3n) is 2.47. The normalized spacial score (nSPS) is 13.1. The Morgan fingerprint density at radius 3 is 1.71 bits per heavy atom. The van der Waals surface area contributed by atoms with Gasteiger partial charge in [-0.1, -0.05) is 19.8 Å². The molecule has 0 heterocycles. The van der Waals surface area contributed by atoms with Gasteiger partial charge in [0.25, 0.3) is 0 Å². The standard InChI is InChI=1S/C9H22N.C3HF6NO3S/c1-5-6-7-8-9-10(2,3)4;4-2(5,6)1(11)10-14(12,13)3(7,8)9/h5-9H2,1-4H3;(H,10,11)/q+1;. The first-order valence-corrected chi connectivity index (χ1v) is 8.43. The summed E-state index contributed by atoms with van der Waals surface area (Å²) in [6.45, 7) is 3.58. The maximum atomic E-state index is 11.4. The van der Waals surface area contributed by atoms with Crippen LogP contribution in [0.2, 0.25) is 0 Å². The predicted octanol–water partition coefficient (Wildman–Crippen LogP) is 2.79. The molecule has 1 N–H and O–H groups in total. The van der Waals surface area contributed by atoms with Gasteiger partial charge in [-0.15, -0.1) is 0 Å². The van der Waals surface area contributed by atoms with E-state index in [1.54, 1.807) is 0 Å². The number of rotatable bonds is 6. The van der Waals surface area contributed by atoms with Gasteiger partial charge in [0.15, 0.2) is 0 Å². The van der Waals surface area contributed by atoms with E-state index in [1.807, 2.05) is 0 Å². The molecule has 0 aliphatic heterocycles. The Morgan fingerprint density at radius 1 is 0.958 bits per heavy atom. The van der Waals surface area contributed by atoms with Crippen molar-refractivity contribution >= 4 is 15.9 Å². The summed E-state index contributed by atoms with van der Waals surface area (Å²) in [6.07, 6.45) is -0.154. The van der Waals surface area contributed by atoms with Gasteiger partial charge < -0.3 is 4.48 Å². The molecule has 1 amide bonds. The van der Waals surface area contributed by atoms with Crippen molar-refractivity contribution in [2.24, 2.45) is 0 Å². The molecular formula is C12H23F6N2O3S+. The zero-order valence-electron chi connectivity index (χ0n) is 13.9. The fourth-order valence-electron chi connectivity index (χ4n) is 1.25.